The molecule has 0 atom stereocenters. The Morgan fingerprint density at radius 3 is 2.35 bits per heavy atom. The molecule has 1 heterocycles. The van der Waals surface area contributed by atoms with Gasteiger partial charge in [0, 0.05) is 31.5 Å². The second-order valence-corrected chi connectivity index (χ2v) is 4.37. The molecule has 0 aliphatic rings. The van der Waals surface area contributed by atoms with Gasteiger partial charge in [-0.2, -0.15) is 0 Å². The molecule has 1 aromatic carbocycles. The van der Waals surface area contributed by atoms with Gasteiger partial charge >= 0.3 is 0 Å². The van der Waals surface area contributed by atoms with Gasteiger partial charge < -0.3 is 10.6 Å². The van der Waals surface area contributed by atoms with Gasteiger partial charge in [-0.05, 0) is 29.8 Å². The van der Waals surface area contributed by atoms with Crippen LogP contribution in [-0.2, 0) is 6.54 Å². The molecule has 2 N–H and O–H groups in total. The normalized spacial score (nSPS) is 10.3. The molecule has 0 unspecified atom stereocenters. The Kier molecular flexibility index (Phi) is 3.93. The predicted molar refractivity (Wildman–Crippen MR) is 70.8 cm³/mol. The van der Waals surface area contributed by atoms with E-state index in [4.69, 9.17) is 5.73 Å². The molecule has 20 heavy (non-hydrogen) atoms. The summed E-state index contributed by atoms with van der Waals surface area (Å²) < 4.78 is 26.7. The Balaban J connectivity index is 2.19. The molecule has 1 amide bonds. The maximum atomic E-state index is 13.3. The zero-order valence-electron chi connectivity index (χ0n) is 10.8. The molecule has 0 saturated carbocycles. The molecule has 0 aliphatic heterocycles. The van der Waals surface area contributed by atoms with Crippen molar-refractivity contribution in [1.29, 1.82) is 0 Å². The van der Waals surface area contributed by atoms with Crippen molar-refractivity contribution in [3.63, 3.8) is 0 Å². The number of benzene rings is 1. The van der Waals surface area contributed by atoms with E-state index >= 15 is 0 Å². The van der Waals surface area contributed by atoms with Gasteiger partial charge in [0.2, 0.25) is 0 Å². The average molecular weight is 277 g/mol. The maximum absolute atomic E-state index is 13.3. The standard InChI is InChI=1S/C14H13F2N3O/c1-19(8-9-2-4-18-5-3-9)14(20)10-6-11(15)13(17)12(16)7-10/h2-7H,8,17H2,1H3. The molecular formula is C14H13F2N3O. The van der Waals surface area contributed by atoms with E-state index in [1.807, 2.05) is 0 Å². The topological polar surface area (TPSA) is 59.2 Å². The summed E-state index contributed by atoms with van der Waals surface area (Å²) in [5, 5.41) is 0. The lowest BCUT2D eigenvalue weighted by molar-refractivity contribution is 0.0784. The smallest absolute Gasteiger partial charge is 0.254 e. The number of carbonyl (C=O) groups is 1. The Morgan fingerprint density at radius 2 is 1.80 bits per heavy atom. The van der Waals surface area contributed by atoms with Gasteiger partial charge in [-0.1, -0.05) is 0 Å². The van der Waals surface area contributed by atoms with Gasteiger partial charge in [-0.25, -0.2) is 8.78 Å². The van der Waals surface area contributed by atoms with Crippen molar-refractivity contribution in [1.82, 2.24) is 9.88 Å². The number of rotatable bonds is 3. The molecule has 0 spiro atoms. The molecule has 0 fully saturated rings. The fourth-order valence-electron chi connectivity index (χ4n) is 1.76. The van der Waals surface area contributed by atoms with Crippen LogP contribution in [0.1, 0.15) is 15.9 Å². The number of aromatic nitrogens is 1. The number of nitrogens with zero attached hydrogens (tertiary/aromatic N) is 2. The largest absolute Gasteiger partial charge is 0.394 e. The van der Waals surface area contributed by atoms with Crippen LogP contribution in [0.25, 0.3) is 0 Å². The number of nitrogen functional groups attached to an aromatic ring is 1. The van der Waals surface area contributed by atoms with Crippen molar-refractivity contribution in [2.24, 2.45) is 0 Å². The highest BCUT2D eigenvalue weighted by atomic mass is 19.1. The van der Waals surface area contributed by atoms with Crippen LogP contribution >= 0.6 is 0 Å². The Labute approximate surface area is 114 Å². The minimum atomic E-state index is -0.939. The van der Waals surface area contributed by atoms with E-state index in [1.165, 1.54) is 4.90 Å². The number of hydrogen-bond acceptors (Lipinski definition) is 3. The first-order chi connectivity index (χ1) is 9.49. The zero-order chi connectivity index (χ0) is 14.7. The molecule has 2 aromatic rings. The number of anilines is 1. The van der Waals surface area contributed by atoms with Crippen LogP contribution in [0.2, 0.25) is 0 Å². The fraction of sp³-hybridized carbons (Fsp3) is 0.143. The molecule has 0 saturated heterocycles. The Bertz CT molecular complexity index is 609. The third-order valence-corrected chi connectivity index (χ3v) is 2.84. The third kappa shape index (κ3) is 2.90. The van der Waals surface area contributed by atoms with Gasteiger partial charge in [-0.15, -0.1) is 0 Å². The molecule has 0 aliphatic carbocycles. The summed E-state index contributed by atoms with van der Waals surface area (Å²) in [5.41, 5.74) is 5.37. The van der Waals surface area contributed by atoms with Gasteiger partial charge in [0.15, 0.2) is 0 Å². The van der Waals surface area contributed by atoms with Crippen molar-refractivity contribution < 1.29 is 13.6 Å². The van der Waals surface area contributed by atoms with Gasteiger partial charge in [0.25, 0.3) is 5.91 Å². The van der Waals surface area contributed by atoms with E-state index in [0.29, 0.717) is 6.54 Å². The minimum Gasteiger partial charge on any atom is -0.394 e. The number of pyridine rings is 1. The number of hydrogen-bond donors (Lipinski definition) is 1. The molecule has 1 aromatic heterocycles. The summed E-state index contributed by atoms with van der Waals surface area (Å²) in [6.07, 6.45) is 3.21. The van der Waals surface area contributed by atoms with E-state index in [2.05, 4.69) is 4.98 Å². The van der Waals surface area contributed by atoms with Crippen molar-refractivity contribution in [3.05, 3.63) is 59.4 Å². The van der Waals surface area contributed by atoms with Crippen molar-refractivity contribution >= 4 is 11.6 Å². The minimum absolute atomic E-state index is 0.0780. The molecular weight excluding hydrogens is 264 g/mol. The molecule has 4 nitrogen and oxygen atoms in total. The zero-order valence-corrected chi connectivity index (χ0v) is 10.8. The summed E-state index contributed by atoms with van der Waals surface area (Å²) in [5.74, 6) is -2.36. The van der Waals surface area contributed by atoms with Gasteiger partial charge in [-0.3, -0.25) is 9.78 Å². The molecule has 2 rings (SSSR count). The first kappa shape index (κ1) is 13.9. The highest BCUT2D eigenvalue weighted by molar-refractivity contribution is 5.94. The van der Waals surface area contributed by atoms with E-state index in [-0.39, 0.29) is 5.56 Å². The second-order valence-electron chi connectivity index (χ2n) is 4.37. The summed E-state index contributed by atoms with van der Waals surface area (Å²) in [6.45, 7) is 0.314. The molecule has 0 bridgehead atoms. The quantitative estimate of drug-likeness (QED) is 0.875. The molecule has 104 valence electrons. The van der Waals surface area contributed by atoms with Crippen LogP contribution in [0, 0.1) is 11.6 Å². The van der Waals surface area contributed by atoms with Crippen molar-refractivity contribution in [3.8, 4) is 0 Å². The van der Waals surface area contributed by atoms with Crippen LogP contribution in [0.4, 0.5) is 14.5 Å². The first-order valence-electron chi connectivity index (χ1n) is 5.88. The van der Waals surface area contributed by atoms with Crippen LogP contribution in [0.5, 0.6) is 0 Å². The van der Waals surface area contributed by atoms with Crippen molar-refractivity contribution in [2.45, 2.75) is 6.54 Å². The number of carbonyl (C=O) groups excluding carboxylic acids is 1. The summed E-state index contributed by atoms with van der Waals surface area (Å²) in [7, 11) is 1.55. The summed E-state index contributed by atoms with van der Waals surface area (Å²) >= 11 is 0. The van der Waals surface area contributed by atoms with E-state index in [9.17, 15) is 13.6 Å². The number of halogens is 2. The van der Waals surface area contributed by atoms with Gasteiger partial charge in [0.05, 0.1) is 0 Å². The summed E-state index contributed by atoms with van der Waals surface area (Å²) in [4.78, 5) is 17.3. The average Bonchev–Trinajstić information content (AvgIpc) is 2.44. The summed E-state index contributed by atoms with van der Waals surface area (Å²) in [6, 6.07) is 5.38. The fourth-order valence-corrected chi connectivity index (χ4v) is 1.76. The van der Waals surface area contributed by atoms with Crippen LogP contribution in [0.15, 0.2) is 36.7 Å². The highest BCUT2D eigenvalue weighted by Gasteiger charge is 2.16. The number of amides is 1. The highest BCUT2D eigenvalue weighted by Crippen LogP contribution is 2.18. The Morgan fingerprint density at radius 1 is 1.25 bits per heavy atom. The first-order valence-corrected chi connectivity index (χ1v) is 5.88. The third-order valence-electron chi connectivity index (χ3n) is 2.84. The SMILES string of the molecule is CN(Cc1ccncc1)C(=O)c1cc(F)c(N)c(F)c1. The van der Waals surface area contributed by atoms with E-state index < -0.39 is 23.2 Å². The number of nitrogens with two attached hydrogens (primary N) is 1. The molecule has 0 radical (unpaired) electrons. The van der Waals surface area contributed by atoms with Gasteiger partial charge in [0.1, 0.15) is 17.3 Å². The van der Waals surface area contributed by atoms with Crippen LogP contribution < -0.4 is 5.73 Å². The van der Waals surface area contributed by atoms with Crippen LogP contribution in [0.3, 0.4) is 0 Å². The van der Waals surface area contributed by atoms with E-state index in [0.717, 1.165) is 17.7 Å². The van der Waals surface area contributed by atoms with Crippen LogP contribution in [-0.4, -0.2) is 22.8 Å². The maximum Gasteiger partial charge on any atom is 0.254 e. The lowest BCUT2D eigenvalue weighted by Gasteiger charge is -2.17. The monoisotopic (exact) mass is 277 g/mol. The Hall–Kier alpha value is -2.50. The second kappa shape index (κ2) is 5.64. The predicted octanol–water partition coefficient (Wildman–Crippen LogP) is 2.21. The van der Waals surface area contributed by atoms with E-state index in [1.54, 1.807) is 31.6 Å². The van der Waals surface area contributed by atoms with Crippen molar-refractivity contribution in [2.75, 3.05) is 12.8 Å². The lowest BCUT2D eigenvalue weighted by atomic mass is 10.1. The molecule has 6 heteroatoms. The lowest BCUT2D eigenvalue weighted by Crippen LogP contribution is -2.26.